The third-order valence-corrected chi connectivity index (χ3v) is 9.82. The zero-order valence-electron chi connectivity index (χ0n) is 25.1. The average molecular weight is 564 g/mol. The lowest BCUT2D eigenvalue weighted by Crippen LogP contribution is -2.35. The van der Waals surface area contributed by atoms with Crippen molar-refractivity contribution in [1.82, 2.24) is 0 Å². The van der Waals surface area contributed by atoms with E-state index in [1.54, 1.807) is 38.1 Å². The van der Waals surface area contributed by atoms with Crippen LogP contribution in [0.3, 0.4) is 0 Å². The third kappa shape index (κ3) is 9.94. The zero-order valence-corrected chi connectivity index (χ0v) is 25.9. The van der Waals surface area contributed by atoms with Crippen molar-refractivity contribution in [3.8, 4) is 0 Å². The maximum atomic E-state index is 13.8. The summed E-state index contributed by atoms with van der Waals surface area (Å²) >= 11 is 0. The Balaban J connectivity index is 2.94. The molecule has 39 heavy (non-hydrogen) atoms. The van der Waals surface area contributed by atoms with Gasteiger partial charge in [0.05, 0.1) is 28.9 Å². The quantitative estimate of drug-likeness (QED) is 0.105. The molecule has 0 heterocycles. The van der Waals surface area contributed by atoms with Gasteiger partial charge < -0.3 is 9.47 Å². The largest absolute Gasteiger partial charge is 0.466 e. The molecule has 0 aliphatic rings. The first-order chi connectivity index (χ1) is 18.2. The lowest BCUT2D eigenvalue weighted by atomic mass is 9.86. The molecule has 0 atom stereocenters. The summed E-state index contributed by atoms with van der Waals surface area (Å²) < 4.78 is 38.0. The highest BCUT2D eigenvalue weighted by Crippen LogP contribution is 2.38. The van der Waals surface area contributed by atoms with Gasteiger partial charge in [-0.1, -0.05) is 43.4 Å². The van der Waals surface area contributed by atoms with Crippen molar-refractivity contribution in [2.75, 3.05) is 13.2 Å². The summed E-state index contributed by atoms with van der Waals surface area (Å²) in [5.41, 5.74) is -0.244. The van der Waals surface area contributed by atoms with Crippen molar-refractivity contribution in [3.05, 3.63) is 41.2 Å². The van der Waals surface area contributed by atoms with Gasteiger partial charge in [-0.05, 0) is 86.3 Å². The number of carbonyl (C=O) groups excluding carboxylic acids is 2. The van der Waals surface area contributed by atoms with E-state index in [2.05, 4.69) is 4.85 Å². The molecule has 0 aromatic heterocycles. The van der Waals surface area contributed by atoms with Crippen LogP contribution < -0.4 is 0 Å². The highest BCUT2D eigenvalue weighted by atomic mass is 32.2. The number of esters is 2. The molecule has 0 unspecified atom stereocenters. The Hall–Kier alpha value is -2.40. The Morgan fingerprint density at radius 2 is 1.13 bits per heavy atom. The third-order valence-electron chi connectivity index (χ3n) is 7.43. The molecule has 0 aliphatic carbocycles. The first kappa shape index (κ1) is 34.6. The second kappa shape index (κ2) is 15.4. The van der Waals surface area contributed by atoms with Gasteiger partial charge in [-0.3, -0.25) is 14.4 Å². The fourth-order valence-corrected chi connectivity index (χ4v) is 6.53. The summed E-state index contributed by atoms with van der Waals surface area (Å²) in [6.45, 7) is 21.6. The molecule has 1 aromatic carbocycles. The number of hydrogen-bond acceptors (Lipinski definition) is 6. The topological polar surface area (TPSA) is 91.1 Å². The van der Waals surface area contributed by atoms with Crippen LogP contribution in [0.5, 0.6) is 0 Å². The number of nitrogens with zero attached hydrogens (tertiary/aromatic N) is 1. The standard InChI is InChI=1S/C31H49NO6S/c1-9-37-27(33)29(4,5)21-13-11-15-23-31(32-8,39(35,36)26-19-17-25(3)18-20-26)24-16-12-14-22-30(6,7)28(34)38-10-2/h17-20H,9-16,21-24H2,1-7H3. The molecule has 0 saturated heterocycles. The highest BCUT2D eigenvalue weighted by molar-refractivity contribution is 7.93. The van der Waals surface area contributed by atoms with Crippen LogP contribution in [-0.4, -0.2) is 38.4 Å². The summed E-state index contributed by atoms with van der Waals surface area (Å²) in [6.07, 6.45) is 5.82. The van der Waals surface area contributed by atoms with Crippen molar-refractivity contribution in [3.63, 3.8) is 0 Å². The van der Waals surface area contributed by atoms with E-state index in [1.165, 1.54) is 0 Å². The van der Waals surface area contributed by atoms with Crippen LogP contribution in [-0.2, 0) is 28.9 Å². The maximum absolute atomic E-state index is 13.8. The van der Waals surface area contributed by atoms with E-state index in [1.807, 2.05) is 34.6 Å². The van der Waals surface area contributed by atoms with Crippen LogP contribution in [0.15, 0.2) is 29.2 Å². The molecule has 0 spiro atoms. The summed E-state index contributed by atoms with van der Waals surface area (Å²) in [5, 5.41) is 0. The minimum atomic E-state index is -3.90. The fraction of sp³-hybridized carbons (Fsp3) is 0.710. The number of unbranched alkanes of at least 4 members (excludes halogenated alkanes) is 4. The lowest BCUT2D eigenvalue weighted by Gasteiger charge is -2.24. The van der Waals surface area contributed by atoms with E-state index in [9.17, 15) is 18.0 Å². The molecule has 0 aliphatic heterocycles. The molecule has 0 fully saturated rings. The van der Waals surface area contributed by atoms with E-state index in [0.29, 0.717) is 38.9 Å². The predicted octanol–water partition coefficient (Wildman–Crippen LogP) is 7.46. The van der Waals surface area contributed by atoms with Gasteiger partial charge in [0.2, 0.25) is 0 Å². The molecule has 1 aromatic rings. The average Bonchev–Trinajstić information content (AvgIpc) is 2.87. The van der Waals surface area contributed by atoms with Crippen LogP contribution in [0.1, 0.15) is 111 Å². The molecule has 1 rings (SSSR count). The van der Waals surface area contributed by atoms with Gasteiger partial charge in [0.1, 0.15) is 0 Å². The van der Waals surface area contributed by atoms with Gasteiger partial charge in [0.25, 0.3) is 9.84 Å². The molecule has 8 heteroatoms. The van der Waals surface area contributed by atoms with Crippen LogP contribution in [0.4, 0.5) is 0 Å². The maximum Gasteiger partial charge on any atom is 0.333 e. The minimum Gasteiger partial charge on any atom is -0.466 e. The van der Waals surface area contributed by atoms with Crippen molar-refractivity contribution < 1.29 is 27.5 Å². The van der Waals surface area contributed by atoms with Gasteiger partial charge in [0, 0.05) is 12.8 Å². The van der Waals surface area contributed by atoms with Gasteiger partial charge in [-0.15, -0.1) is 0 Å². The van der Waals surface area contributed by atoms with Crippen LogP contribution >= 0.6 is 0 Å². The number of benzene rings is 1. The minimum absolute atomic E-state index is 0.177. The Morgan fingerprint density at radius 3 is 1.49 bits per heavy atom. The second-order valence-electron chi connectivity index (χ2n) is 11.7. The Kier molecular flexibility index (Phi) is 13.7. The van der Waals surface area contributed by atoms with Gasteiger partial charge in [-0.25, -0.2) is 15.0 Å². The monoisotopic (exact) mass is 563 g/mol. The van der Waals surface area contributed by atoms with Crippen LogP contribution in [0.2, 0.25) is 0 Å². The predicted molar refractivity (Wildman–Crippen MR) is 155 cm³/mol. The van der Waals surface area contributed by atoms with Crippen LogP contribution in [0, 0.1) is 24.3 Å². The Bertz CT molecular complexity index is 1030. The SMILES string of the molecule is [C-]#[N+]C(CCCCCC(C)(C)C(=O)OCC)(CCCCCC(C)(C)C(=O)OCC)S(=O)(=O)c1ccc(C)cc1. The summed E-state index contributed by atoms with van der Waals surface area (Å²) in [4.78, 5) is 26.8. The van der Waals surface area contributed by atoms with E-state index in [0.717, 1.165) is 31.2 Å². The second-order valence-corrected chi connectivity index (χ2v) is 13.9. The molecular weight excluding hydrogens is 514 g/mol. The van der Waals surface area contributed by atoms with Crippen molar-refractivity contribution in [2.24, 2.45) is 10.8 Å². The van der Waals surface area contributed by atoms with E-state index < -0.39 is 25.5 Å². The number of rotatable bonds is 18. The smallest absolute Gasteiger partial charge is 0.333 e. The van der Waals surface area contributed by atoms with Gasteiger partial charge >= 0.3 is 16.8 Å². The van der Waals surface area contributed by atoms with E-state index >= 15 is 0 Å². The summed E-state index contributed by atoms with van der Waals surface area (Å²) in [5.74, 6) is -0.456. The number of sulfone groups is 1. The van der Waals surface area contributed by atoms with Crippen molar-refractivity contribution >= 4 is 21.8 Å². The van der Waals surface area contributed by atoms with Crippen molar-refractivity contribution in [1.29, 1.82) is 0 Å². The molecule has 0 bridgehead atoms. The van der Waals surface area contributed by atoms with Gasteiger partial charge in [-0.2, -0.15) is 0 Å². The van der Waals surface area contributed by atoms with Crippen LogP contribution in [0.25, 0.3) is 4.85 Å². The Morgan fingerprint density at radius 1 is 0.744 bits per heavy atom. The molecule has 0 amide bonds. The summed E-state index contributed by atoms with van der Waals surface area (Å²) in [6, 6.07) is 6.70. The summed E-state index contributed by atoms with van der Waals surface area (Å²) in [7, 11) is -3.90. The Labute approximate surface area is 236 Å². The molecular formula is C31H49NO6S. The number of carbonyl (C=O) groups is 2. The van der Waals surface area contributed by atoms with Gasteiger partial charge in [0.15, 0.2) is 0 Å². The molecule has 7 nitrogen and oxygen atoms in total. The first-order valence-corrected chi connectivity index (χ1v) is 15.7. The van der Waals surface area contributed by atoms with Crippen molar-refractivity contribution in [2.45, 2.75) is 122 Å². The zero-order chi connectivity index (χ0) is 29.7. The van der Waals surface area contributed by atoms with E-state index in [-0.39, 0.29) is 29.7 Å². The molecule has 0 radical (unpaired) electrons. The normalized spacial score (nSPS) is 12.6. The lowest BCUT2D eigenvalue weighted by molar-refractivity contribution is -0.154. The number of hydrogen-bond donors (Lipinski definition) is 0. The molecule has 0 saturated carbocycles. The fourth-order valence-electron chi connectivity index (χ4n) is 4.65. The molecule has 0 N–H and O–H groups in total. The number of ether oxygens (including phenoxy) is 2. The number of aryl methyl sites for hydroxylation is 1. The van der Waals surface area contributed by atoms with E-state index in [4.69, 9.17) is 16.0 Å². The highest BCUT2D eigenvalue weighted by Gasteiger charge is 2.50. The first-order valence-electron chi connectivity index (χ1n) is 14.2. The molecule has 220 valence electrons.